The Morgan fingerprint density at radius 3 is 2.72 bits per heavy atom. The fraction of sp³-hybridized carbons (Fsp3) is 0.538. The first-order chi connectivity index (χ1) is 8.62. The molecule has 0 amide bonds. The van der Waals surface area contributed by atoms with Crippen LogP contribution in [0.3, 0.4) is 0 Å². The standard InChI is InChI=1S/C13H15ClN2O2/c14-10-2-1-3-11(16(17)18)12(10)15-8-13(6-7-13)9-4-5-9/h1-3,9,15H,4-8H2. The summed E-state index contributed by atoms with van der Waals surface area (Å²) in [5.74, 6) is 0.826. The van der Waals surface area contributed by atoms with Gasteiger partial charge in [0.1, 0.15) is 5.69 Å². The summed E-state index contributed by atoms with van der Waals surface area (Å²) in [6, 6.07) is 4.79. The van der Waals surface area contributed by atoms with Crippen LogP contribution in [-0.4, -0.2) is 11.5 Å². The van der Waals surface area contributed by atoms with E-state index in [-0.39, 0.29) is 10.6 Å². The van der Waals surface area contributed by atoms with Crippen LogP contribution in [0.15, 0.2) is 18.2 Å². The van der Waals surface area contributed by atoms with Crippen molar-refractivity contribution in [2.75, 3.05) is 11.9 Å². The van der Waals surface area contributed by atoms with Gasteiger partial charge in [0.15, 0.2) is 0 Å². The number of hydrogen-bond acceptors (Lipinski definition) is 3. The van der Waals surface area contributed by atoms with Crippen molar-refractivity contribution in [2.45, 2.75) is 25.7 Å². The molecule has 2 aliphatic rings. The molecule has 0 heterocycles. The monoisotopic (exact) mass is 266 g/mol. The van der Waals surface area contributed by atoms with Crippen molar-refractivity contribution < 1.29 is 4.92 Å². The quantitative estimate of drug-likeness (QED) is 0.650. The lowest BCUT2D eigenvalue weighted by molar-refractivity contribution is -0.383. The molecule has 0 atom stereocenters. The molecule has 0 saturated heterocycles. The molecule has 18 heavy (non-hydrogen) atoms. The average Bonchev–Trinajstić information content (AvgIpc) is 3.19. The average molecular weight is 267 g/mol. The van der Waals surface area contributed by atoms with Gasteiger partial charge in [-0.25, -0.2) is 0 Å². The largest absolute Gasteiger partial charge is 0.378 e. The minimum atomic E-state index is -0.384. The van der Waals surface area contributed by atoms with Gasteiger partial charge in [0, 0.05) is 12.6 Å². The summed E-state index contributed by atoms with van der Waals surface area (Å²) in [5, 5.41) is 14.6. The maximum absolute atomic E-state index is 11.0. The maximum atomic E-state index is 11.0. The van der Waals surface area contributed by atoms with E-state index in [0.29, 0.717) is 16.1 Å². The van der Waals surface area contributed by atoms with Gasteiger partial charge in [0.05, 0.1) is 9.95 Å². The van der Waals surface area contributed by atoms with Crippen LogP contribution in [0.25, 0.3) is 0 Å². The number of nitrogens with zero attached hydrogens (tertiary/aromatic N) is 1. The molecule has 0 aliphatic heterocycles. The lowest BCUT2D eigenvalue weighted by atomic mass is 10.0. The van der Waals surface area contributed by atoms with Crippen molar-refractivity contribution in [3.05, 3.63) is 33.3 Å². The number of rotatable bonds is 5. The summed E-state index contributed by atoms with van der Waals surface area (Å²) in [5.41, 5.74) is 0.928. The van der Waals surface area contributed by atoms with Crippen molar-refractivity contribution in [1.82, 2.24) is 0 Å². The van der Waals surface area contributed by atoms with E-state index in [1.165, 1.54) is 31.7 Å². The molecule has 5 heteroatoms. The number of nitrogens with one attached hydrogen (secondary N) is 1. The second-order valence-electron chi connectivity index (χ2n) is 5.38. The molecule has 1 aromatic carbocycles. The Morgan fingerprint density at radius 1 is 1.44 bits per heavy atom. The smallest absolute Gasteiger partial charge is 0.293 e. The van der Waals surface area contributed by atoms with Gasteiger partial charge in [0.25, 0.3) is 5.69 Å². The molecule has 96 valence electrons. The van der Waals surface area contributed by atoms with Crippen LogP contribution >= 0.6 is 11.6 Å². The van der Waals surface area contributed by atoms with Crippen molar-refractivity contribution in [3.63, 3.8) is 0 Å². The topological polar surface area (TPSA) is 55.2 Å². The van der Waals surface area contributed by atoms with Gasteiger partial charge >= 0.3 is 0 Å². The molecular formula is C13H15ClN2O2. The number of anilines is 1. The Hall–Kier alpha value is -1.29. The molecule has 3 rings (SSSR count). The maximum Gasteiger partial charge on any atom is 0.293 e. The Balaban J connectivity index is 1.77. The summed E-state index contributed by atoms with van der Waals surface area (Å²) >= 11 is 6.05. The molecule has 2 aliphatic carbocycles. The lowest BCUT2D eigenvalue weighted by Gasteiger charge is -2.16. The summed E-state index contributed by atoms with van der Waals surface area (Å²) in [7, 11) is 0. The highest BCUT2D eigenvalue weighted by Crippen LogP contribution is 2.61. The Labute approximate surface area is 110 Å². The van der Waals surface area contributed by atoms with Gasteiger partial charge in [0.2, 0.25) is 0 Å². The van der Waals surface area contributed by atoms with Crippen LogP contribution in [0.5, 0.6) is 0 Å². The molecule has 0 spiro atoms. The first kappa shape index (κ1) is 11.8. The van der Waals surface area contributed by atoms with Crippen LogP contribution < -0.4 is 5.32 Å². The highest BCUT2D eigenvalue weighted by Gasteiger charge is 2.53. The zero-order valence-electron chi connectivity index (χ0n) is 9.99. The molecule has 1 N–H and O–H groups in total. The van der Waals surface area contributed by atoms with Gasteiger partial charge in [-0.3, -0.25) is 10.1 Å². The molecule has 1 aromatic rings. The van der Waals surface area contributed by atoms with E-state index in [4.69, 9.17) is 11.6 Å². The second-order valence-corrected chi connectivity index (χ2v) is 5.79. The van der Waals surface area contributed by atoms with Gasteiger partial charge in [-0.05, 0) is 43.1 Å². The molecule has 4 nitrogen and oxygen atoms in total. The third-order valence-corrected chi connectivity index (χ3v) is 4.46. The van der Waals surface area contributed by atoms with E-state index in [1.54, 1.807) is 12.1 Å². The van der Waals surface area contributed by atoms with Crippen molar-refractivity contribution in [3.8, 4) is 0 Å². The van der Waals surface area contributed by atoms with Gasteiger partial charge in [-0.1, -0.05) is 17.7 Å². The van der Waals surface area contributed by atoms with Crippen molar-refractivity contribution in [1.29, 1.82) is 0 Å². The lowest BCUT2D eigenvalue weighted by Crippen LogP contribution is -2.18. The third-order valence-electron chi connectivity index (χ3n) is 4.14. The van der Waals surface area contributed by atoms with E-state index in [9.17, 15) is 10.1 Å². The van der Waals surface area contributed by atoms with Crippen molar-refractivity contribution in [2.24, 2.45) is 11.3 Å². The van der Waals surface area contributed by atoms with E-state index in [0.717, 1.165) is 12.5 Å². The molecule has 0 bridgehead atoms. The predicted molar refractivity (Wildman–Crippen MR) is 71.0 cm³/mol. The first-order valence-corrected chi connectivity index (χ1v) is 6.67. The highest BCUT2D eigenvalue weighted by molar-refractivity contribution is 6.33. The van der Waals surface area contributed by atoms with E-state index >= 15 is 0 Å². The summed E-state index contributed by atoms with van der Waals surface area (Å²) in [6.07, 6.45) is 5.10. The summed E-state index contributed by atoms with van der Waals surface area (Å²) < 4.78 is 0. The molecular weight excluding hydrogens is 252 g/mol. The summed E-state index contributed by atoms with van der Waals surface area (Å²) in [6.45, 7) is 0.808. The highest BCUT2D eigenvalue weighted by atomic mass is 35.5. The van der Waals surface area contributed by atoms with Gasteiger partial charge in [-0.2, -0.15) is 0 Å². The Bertz CT molecular complexity index is 496. The number of halogens is 1. The number of hydrogen-bond donors (Lipinski definition) is 1. The minimum Gasteiger partial charge on any atom is -0.378 e. The number of para-hydroxylation sites is 1. The second kappa shape index (κ2) is 4.12. The minimum absolute atomic E-state index is 0.0640. The fourth-order valence-corrected chi connectivity index (χ4v) is 2.93. The molecule has 0 unspecified atom stereocenters. The van der Waals surface area contributed by atoms with Crippen LogP contribution in [0, 0.1) is 21.4 Å². The first-order valence-electron chi connectivity index (χ1n) is 6.29. The van der Waals surface area contributed by atoms with Crippen LogP contribution in [-0.2, 0) is 0 Å². The normalized spacial score (nSPS) is 20.5. The molecule has 2 saturated carbocycles. The Morgan fingerprint density at radius 2 is 2.17 bits per heavy atom. The molecule has 0 radical (unpaired) electrons. The van der Waals surface area contributed by atoms with Crippen LogP contribution in [0.1, 0.15) is 25.7 Å². The number of benzene rings is 1. The van der Waals surface area contributed by atoms with Crippen LogP contribution in [0.4, 0.5) is 11.4 Å². The zero-order chi connectivity index (χ0) is 12.8. The fourth-order valence-electron chi connectivity index (χ4n) is 2.69. The van der Waals surface area contributed by atoms with E-state index in [2.05, 4.69) is 5.32 Å². The number of nitro benzene ring substituents is 1. The third kappa shape index (κ3) is 2.05. The van der Waals surface area contributed by atoms with Crippen LogP contribution in [0.2, 0.25) is 5.02 Å². The number of nitro groups is 1. The van der Waals surface area contributed by atoms with Gasteiger partial charge in [-0.15, -0.1) is 0 Å². The van der Waals surface area contributed by atoms with Crippen molar-refractivity contribution >= 4 is 23.0 Å². The predicted octanol–water partition coefficient (Wildman–Crippen LogP) is 3.85. The SMILES string of the molecule is O=[N+]([O-])c1cccc(Cl)c1NCC1(C2CC2)CC1. The zero-order valence-corrected chi connectivity index (χ0v) is 10.7. The summed E-state index contributed by atoms with van der Waals surface area (Å²) in [4.78, 5) is 10.6. The molecule has 0 aromatic heterocycles. The molecule has 2 fully saturated rings. The van der Waals surface area contributed by atoms with E-state index < -0.39 is 0 Å². The van der Waals surface area contributed by atoms with Gasteiger partial charge < -0.3 is 5.32 Å². The Kier molecular flexibility index (Phi) is 2.70. The van der Waals surface area contributed by atoms with E-state index in [1.807, 2.05) is 0 Å².